The number of aryl methyl sites for hydroxylation is 1. The first kappa shape index (κ1) is 16.3. The maximum absolute atomic E-state index is 13.9. The second kappa shape index (κ2) is 5.43. The van der Waals surface area contributed by atoms with Gasteiger partial charge < -0.3 is 5.32 Å². The second-order valence-electron chi connectivity index (χ2n) is 8.84. The summed E-state index contributed by atoms with van der Waals surface area (Å²) in [5, 5.41) is 6.08. The van der Waals surface area contributed by atoms with E-state index in [-0.39, 0.29) is 23.7 Å². The van der Waals surface area contributed by atoms with Gasteiger partial charge in [0.05, 0.1) is 17.2 Å². The van der Waals surface area contributed by atoms with Crippen LogP contribution in [0.5, 0.6) is 0 Å². The quantitative estimate of drug-likeness (QED) is 0.729. The molecular formula is C23H21FN2O2. The Morgan fingerprint density at radius 2 is 1.75 bits per heavy atom. The summed E-state index contributed by atoms with van der Waals surface area (Å²) in [4.78, 5) is 24.3. The summed E-state index contributed by atoms with van der Waals surface area (Å²) in [5.41, 5.74) is 4.84. The fourth-order valence-electron chi connectivity index (χ4n) is 6.34. The van der Waals surface area contributed by atoms with Gasteiger partial charge in [-0.05, 0) is 84.7 Å². The van der Waals surface area contributed by atoms with E-state index in [9.17, 15) is 14.0 Å². The van der Waals surface area contributed by atoms with Crippen LogP contribution in [0.15, 0.2) is 30.3 Å². The van der Waals surface area contributed by atoms with Crippen molar-refractivity contribution in [3.8, 4) is 0 Å². The van der Waals surface area contributed by atoms with Crippen LogP contribution in [0.4, 0.5) is 10.1 Å². The number of hydrogen-bond acceptors (Lipinski definition) is 3. The topological polar surface area (TPSA) is 58.2 Å². The number of benzene rings is 2. The number of imide groups is 1. The van der Waals surface area contributed by atoms with Gasteiger partial charge in [-0.25, -0.2) is 4.39 Å². The molecule has 4 nitrogen and oxygen atoms in total. The Kier molecular flexibility index (Phi) is 3.16. The molecule has 0 unspecified atom stereocenters. The Bertz CT molecular complexity index is 1060. The first-order valence-electron chi connectivity index (χ1n) is 10.1. The first-order valence-corrected chi connectivity index (χ1v) is 10.1. The highest BCUT2D eigenvalue weighted by molar-refractivity contribution is 6.22. The van der Waals surface area contributed by atoms with E-state index in [2.05, 4.69) is 10.6 Å². The van der Waals surface area contributed by atoms with Gasteiger partial charge in [0.15, 0.2) is 0 Å². The van der Waals surface area contributed by atoms with Crippen molar-refractivity contribution in [3.63, 3.8) is 0 Å². The highest BCUT2D eigenvalue weighted by Gasteiger charge is 2.54. The molecule has 2 aliphatic carbocycles. The Balaban J connectivity index is 1.52. The lowest BCUT2D eigenvalue weighted by molar-refractivity contribution is 0.0879. The summed E-state index contributed by atoms with van der Waals surface area (Å²) >= 11 is 0. The third-order valence-electron chi connectivity index (χ3n) is 7.48. The van der Waals surface area contributed by atoms with E-state index >= 15 is 0 Å². The van der Waals surface area contributed by atoms with Crippen LogP contribution in [-0.4, -0.2) is 11.8 Å². The zero-order valence-corrected chi connectivity index (χ0v) is 15.6. The number of anilines is 1. The molecule has 5 heteroatoms. The van der Waals surface area contributed by atoms with E-state index in [0.29, 0.717) is 40.4 Å². The van der Waals surface area contributed by atoms with Gasteiger partial charge in [-0.3, -0.25) is 14.9 Å². The number of hydrogen-bond donors (Lipinski definition) is 2. The number of carbonyl (C=O) groups excluding carboxylic acids is 2. The Labute approximate surface area is 162 Å². The van der Waals surface area contributed by atoms with Crippen LogP contribution in [0.1, 0.15) is 68.6 Å². The Hall–Kier alpha value is -2.69. The van der Waals surface area contributed by atoms with Gasteiger partial charge in [0.2, 0.25) is 0 Å². The molecule has 2 amide bonds. The molecule has 2 N–H and O–H groups in total. The van der Waals surface area contributed by atoms with Crippen LogP contribution in [0, 0.1) is 30.5 Å². The molecule has 2 aromatic carbocycles. The molecule has 0 aromatic heterocycles. The minimum atomic E-state index is -0.325. The van der Waals surface area contributed by atoms with Gasteiger partial charge >= 0.3 is 0 Å². The maximum Gasteiger partial charge on any atom is 0.259 e. The van der Waals surface area contributed by atoms with Gasteiger partial charge in [0.25, 0.3) is 11.8 Å². The molecule has 6 rings (SSSR count). The SMILES string of the molecule is Cc1cc([C@@H]2Nc3cc4c(cc3[C@H]3[C@@H]5CC[C@@H](C5)[C@H]32)C(=O)NC4=O)ccc1F. The number of nitrogens with one attached hydrogen (secondary N) is 2. The van der Waals surface area contributed by atoms with Gasteiger partial charge in [-0.15, -0.1) is 0 Å². The fraction of sp³-hybridized carbons (Fsp3) is 0.391. The molecule has 2 fully saturated rings. The standard InChI is InChI=1S/C23H21FN2O2/c1-10-6-13(4-5-17(10)24)21-20-12-3-2-11(7-12)19(20)16-8-14-15(9-18(16)25-21)23(28)26-22(14)27/h4-6,8-9,11-12,19-21,25H,2-3,7H2,1H3,(H,26,27,28)/t11-,12+,19-,20-,21+/m1/s1. The van der Waals surface area contributed by atoms with Crippen LogP contribution in [0.3, 0.4) is 0 Å². The molecule has 4 aliphatic rings. The summed E-state index contributed by atoms with van der Waals surface area (Å²) in [6.45, 7) is 1.80. The predicted octanol–water partition coefficient (Wildman–Crippen LogP) is 4.31. The van der Waals surface area contributed by atoms with Crippen molar-refractivity contribution in [2.75, 3.05) is 5.32 Å². The summed E-state index contributed by atoms with van der Waals surface area (Å²) in [6, 6.07) is 9.28. The van der Waals surface area contributed by atoms with Gasteiger partial charge in [-0.2, -0.15) is 0 Å². The van der Waals surface area contributed by atoms with Crippen molar-refractivity contribution in [1.82, 2.24) is 5.32 Å². The van der Waals surface area contributed by atoms with Crippen LogP contribution >= 0.6 is 0 Å². The highest BCUT2D eigenvalue weighted by Crippen LogP contribution is 2.64. The average molecular weight is 376 g/mol. The summed E-state index contributed by atoms with van der Waals surface area (Å²) in [5.74, 6) is 1.30. The van der Waals surface area contributed by atoms with Crippen molar-refractivity contribution in [2.45, 2.75) is 38.1 Å². The van der Waals surface area contributed by atoms with Crippen molar-refractivity contribution < 1.29 is 14.0 Å². The van der Waals surface area contributed by atoms with Crippen molar-refractivity contribution >= 4 is 17.5 Å². The monoisotopic (exact) mass is 376 g/mol. The minimum Gasteiger partial charge on any atom is -0.378 e. The smallest absolute Gasteiger partial charge is 0.259 e. The molecule has 2 bridgehead atoms. The summed E-state index contributed by atoms with van der Waals surface area (Å²) in [7, 11) is 0. The summed E-state index contributed by atoms with van der Waals surface area (Å²) < 4.78 is 13.9. The van der Waals surface area contributed by atoms with Gasteiger partial charge in [0.1, 0.15) is 5.82 Å². The van der Waals surface area contributed by atoms with Crippen molar-refractivity contribution in [2.24, 2.45) is 17.8 Å². The molecular weight excluding hydrogens is 355 g/mol. The summed E-state index contributed by atoms with van der Waals surface area (Å²) in [6.07, 6.45) is 3.68. The van der Waals surface area contributed by atoms with E-state index in [1.165, 1.54) is 24.8 Å². The first-order chi connectivity index (χ1) is 13.5. The maximum atomic E-state index is 13.9. The van der Waals surface area contributed by atoms with E-state index < -0.39 is 0 Å². The third-order valence-corrected chi connectivity index (χ3v) is 7.48. The van der Waals surface area contributed by atoms with E-state index in [4.69, 9.17) is 0 Å². The lowest BCUT2D eigenvalue weighted by atomic mass is 9.67. The molecule has 0 spiro atoms. The molecule has 2 aromatic rings. The van der Waals surface area contributed by atoms with Crippen LogP contribution in [-0.2, 0) is 0 Å². The molecule has 0 saturated heterocycles. The normalized spacial score (nSPS) is 31.9. The molecule has 2 heterocycles. The minimum absolute atomic E-state index is 0.102. The zero-order chi connectivity index (χ0) is 19.2. The Morgan fingerprint density at radius 1 is 1.00 bits per heavy atom. The number of amides is 2. The molecule has 5 atom stereocenters. The van der Waals surface area contributed by atoms with Crippen LogP contribution in [0.2, 0.25) is 0 Å². The fourth-order valence-corrected chi connectivity index (χ4v) is 6.34. The number of halogens is 1. The van der Waals surface area contributed by atoms with Crippen LogP contribution < -0.4 is 10.6 Å². The third kappa shape index (κ3) is 2.05. The van der Waals surface area contributed by atoms with E-state index in [0.717, 1.165) is 11.3 Å². The highest BCUT2D eigenvalue weighted by atomic mass is 19.1. The molecule has 2 saturated carbocycles. The average Bonchev–Trinajstić information content (AvgIpc) is 3.37. The zero-order valence-electron chi connectivity index (χ0n) is 15.6. The lowest BCUT2D eigenvalue weighted by Gasteiger charge is -2.43. The predicted molar refractivity (Wildman–Crippen MR) is 103 cm³/mol. The van der Waals surface area contributed by atoms with Gasteiger partial charge in [0, 0.05) is 5.69 Å². The largest absolute Gasteiger partial charge is 0.378 e. The van der Waals surface area contributed by atoms with E-state index in [1.807, 2.05) is 24.3 Å². The molecule has 142 valence electrons. The van der Waals surface area contributed by atoms with Gasteiger partial charge in [-0.1, -0.05) is 12.1 Å². The molecule has 2 aliphatic heterocycles. The van der Waals surface area contributed by atoms with Crippen LogP contribution in [0.25, 0.3) is 0 Å². The Morgan fingerprint density at radius 3 is 2.54 bits per heavy atom. The van der Waals surface area contributed by atoms with Crippen molar-refractivity contribution in [1.29, 1.82) is 0 Å². The second-order valence-corrected chi connectivity index (χ2v) is 8.84. The number of rotatable bonds is 1. The van der Waals surface area contributed by atoms with E-state index in [1.54, 1.807) is 13.0 Å². The number of carbonyl (C=O) groups is 2. The lowest BCUT2D eigenvalue weighted by Crippen LogP contribution is -2.35. The molecule has 0 radical (unpaired) electrons. The van der Waals surface area contributed by atoms with Crippen molar-refractivity contribution in [3.05, 3.63) is 64.0 Å². The molecule has 28 heavy (non-hydrogen) atoms. The number of fused-ring (bicyclic) bond motifs is 8.